The molecule has 7 nitrogen and oxygen atoms in total. The Morgan fingerprint density at radius 2 is 2.08 bits per heavy atom. The number of carbonyl (C=O) groups excluding carboxylic acids is 2. The molecule has 1 heterocycles. The van der Waals surface area contributed by atoms with E-state index in [0.717, 1.165) is 12.8 Å². The van der Waals surface area contributed by atoms with Crippen LogP contribution in [0.5, 0.6) is 11.5 Å². The number of piperazine rings is 1. The third-order valence-electron chi connectivity index (χ3n) is 4.59. The van der Waals surface area contributed by atoms with E-state index >= 15 is 0 Å². The summed E-state index contributed by atoms with van der Waals surface area (Å²) in [7, 11) is 3.33. The molecule has 1 aliphatic heterocycles. The summed E-state index contributed by atoms with van der Waals surface area (Å²) >= 11 is 0. The van der Waals surface area contributed by atoms with E-state index < -0.39 is 6.04 Å². The van der Waals surface area contributed by atoms with Crippen LogP contribution < -0.4 is 15.2 Å². The molecule has 2 N–H and O–H groups in total. The average molecular weight is 363 g/mol. The van der Waals surface area contributed by atoms with Crippen LogP contribution >= 0.6 is 0 Å². The summed E-state index contributed by atoms with van der Waals surface area (Å²) in [6.07, 6.45) is 2.56. The first-order chi connectivity index (χ1) is 12.5. The van der Waals surface area contributed by atoms with Gasteiger partial charge in [0.2, 0.25) is 5.91 Å². The monoisotopic (exact) mass is 363 g/mol. The van der Waals surface area contributed by atoms with Crippen LogP contribution in [0.1, 0.15) is 36.5 Å². The number of nitrogens with zero attached hydrogens (tertiary/aromatic N) is 2. The second-order valence-electron chi connectivity index (χ2n) is 6.42. The fourth-order valence-electron chi connectivity index (χ4n) is 3.09. The van der Waals surface area contributed by atoms with Crippen molar-refractivity contribution in [2.75, 3.05) is 40.4 Å². The Labute approximate surface area is 155 Å². The summed E-state index contributed by atoms with van der Waals surface area (Å²) in [6.45, 7) is 3.85. The third-order valence-corrected chi connectivity index (χ3v) is 4.59. The van der Waals surface area contributed by atoms with Crippen LogP contribution in [0.4, 0.5) is 0 Å². The molecule has 2 rings (SSSR count). The van der Waals surface area contributed by atoms with E-state index in [1.54, 1.807) is 42.2 Å². The van der Waals surface area contributed by atoms with Crippen molar-refractivity contribution in [3.05, 3.63) is 23.8 Å². The molecule has 0 aromatic heterocycles. The van der Waals surface area contributed by atoms with Gasteiger partial charge in [0.1, 0.15) is 12.6 Å². The molecule has 1 fully saturated rings. The van der Waals surface area contributed by atoms with E-state index in [1.807, 2.05) is 0 Å². The Balaban J connectivity index is 2.26. The summed E-state index contributed by atoms with van der Waals surface area (Å²) in [4.78, 5) is 29.0. The van der Waals surface area contributed by atoms with Gasteiger partial charge in [0, 0.05) is 32.2 Å². The quantitative estimate of drug-likeness (QED) is 0.757. The second-order valence-corrected chi connectivity index (χ2v) is 6.42. The molecule has 1 aliphatic rings. The highest BCUT2D eigenvalue weighted by Gasteiger charge is 2.35. The van der Waals surface area contributed by atoms with Gasteiger partial charge in [0.05, 0.1) is 7.11 Å². The molecular formula is C19H29N3O4. The molecule has 0 unspecified atom stereocenters. The number of amides is 2. The first-order valence-corrected chi connectivity index (χ1v) is 9.10. The topological polar surface area (TPSA) is 85.1 Å². The number of hydrogen-bond donors (Lipinski definition) is 1. The van der Waals surface area contributed by atoms with Crippen molar-refractivity contribution in [2.45, 2.75) is 32.2 Å². The van der Waals surface area contributed by atoms with E-state index in [0.29, 0.717) is 49.7 Å². The van der Waals surface area contributed by atoms with Gasteiger partial charge in [-0.2, -0.15) is 0 Å². The van der Waals surface area contributed by atoms with Gasteiger partial charge >= 0.3 is 0 Å². The number of benzene rings is 1. The molecule has 0 bridgehead atoms. The SMILES string of the molecule is CCCC[C@H]1C(=O)N(C)CCN1C(=O)c1ccc(OC)c(OCCN)c1. The molecule has 2 amide bonds. The van der Waals surface area contributed by atoms with E-state index in [1.165, 1.54) is 0 Å². The number of ether oxygens (including phenoxy) is 2. The Kier molecular flexibility index (Phi) is 7.26. The van der Waals surface area contributed by atoms with Crippen molar-refractivity contribution >= 4 is 11.8 Å². The van der Waals surface area contributed by atoms with Gasteiger partial charge < -0.3 is 25.0 Å². The van der Waals surface area contributed by atoms with E-state index in [9.17, 15) is 9.59 Å². The van der Waals surface area contributed by atoms with Crippen LogP contribution in [0.2, 0.25) is 0 Å². The molecule has 144 valence electrons. The molecule has 0 aliphatic carbocycles. The summed E-state index contributed by atoms with van der Waals surface area (Å²) in [5, 5.41) is 0. The maximum Gasteiger partial charge on any atom is 0.254 e. The predicted molar refractivity (Wildman–Crippen MR) is 99.5 cm³/mol. The van der Waals surface area contributed by atoms with Gasteiger partial charge in [-0.3, -0.25) is 9.59 Å². The van der Waals surface area contributed by atoms with E-state index in [-0.39, 0.29) is 11.8 Å². The molecule has 26 heavy (non-hydrogen) atoms. The lowest BCUT2D eigenvalue weighted by atomic mass is 10.0. The van der Waals surface area contributed by atoms with E-state index in [2.05, 4.69) is 6.92 Å². The van der Waals surface area contributed by atoms with Gasteiger partial charge in [0.25, 0.3) is 5.91 Å². The zero-order chi connectivity index (χ0) is 19.1. The minimum atomic E-state index is -0.406. The fraction of sp³-hybridized carbons (Fsp3) is 0.579. The smallest absolute Gasteiger partial charge is 0.254 e. The molecule has 0 saturated carbocycles. The second kappa shape index (κ2) is 9.43. The number of unbranched alkanes of at least 4 members (excludes halogenated alkanes) is 1. The van der Waals surface area contributed by atoms with Gasteiger partial charge in [-0.15, -0.1) is 0 Å². The van der Waals surface area contributed by atoms with Crippen LogP contribution in [-0.2, 0) is 4.79 Å². The van der Waals surface area contributed by atoms with Crippen molar-refractivity contribution in [1.29, 1.82) is 0 Å². The molecular weight excluding hydrogens is 334 g/mol. The first kappa shape index (κ1) is 20.0. The Bertz CT molecular complexity index is 635. The standard InChI is InChI=1S/C19H29N3O4/c1-4-5-6-15-19(24)21(2)10-11-22(15)18(23)14-7-8-16(25-3)17(13-14)26-12-9-20/h7-8,13,15H,4-6,9-12,20H2,1-3H3/t15-/m0/s1. The Hall–Kier alpha value is -2.28. The molecule has 1 atom stereocenters. The Morgan fingerprint density at radius 1 is 1.31 bits per heavy atom. The molecule has 0 spiro atoms. The predicted octanol–water partition coefficient (Wildman–Crippen LogP) is 1.51. The van der Waals surface area contributed by atoms with Gasteiger partial charge in [-0.25, -0.2) is 0 Å². The minimum Gasteiger partial charge on any atom is -0.493 e. The molecule has 7 heteroatoms. The zero-order valence-corrected chi connectivity index (χ0v) is 15.9. The maximum absolute atomic E-state index is 13.1. The van der Waals surface area contributed by atoms with Crippen LogP contribution in [0.3, 0.4) is 0 Å². The van der Waals surface area contributed by atoms with Crippen molar-refractivity contribution in [2.24, 2.45) is 5.73 Å². The first-order valence-electron chi connectivity index (χ1n) is 9.10. The summed E-state index contributed by atoms with van der Waals surface area (Å²) in [5.74, 6) is 0.875. The highest BCUT2D eigenvalue weighted by atomic mass is 16.5. The highest BCUT2D eigenvalue weighted by molar-refractivity contribution is 5.98. The number of hydrogen-bond acceptors (Lipinski definition) is 5. The number of nitrogens with two attached hydrogens (primary N) is 1. The van der Waals surface area contributed by atoms with Crippen molar-refractivity contribution in [3.8, 4) is 11.5 Å². The number of rotatable bonds is 8. The normalized spacial score (nSPS) is 17.4. The largest absolute Gasteiger partial charge is 0.493 e. The van der Waals surface area contributed by atoms with Crippen LogP contribution in [0.15, 0.2) is 18.2 Å². The van der Waals surface area contributed by atoms with Crippen molar-refractivity contribution in [3.63, 3.8) is 0 Å². The highest BCUT2D eigenvalue weighted by Crippen LogP contribution is 2.29. The maximum atomic E-state index is 13.1. The van der Waals surface area contributed by atoms with Crippen molar-refractivity contribution in [1.82, 2.24) is 9.80 Å². The lowest BCUT2D eigenvalue weighted by Crippen LogP contribution is -2.57. The number of methoxy groups -OCH3 is 1. The van der Waals surface area contributed by atoms with Crippen LogP contribution in [0, 0.1) is 0 Å². The summed E-state index contributed by atoms with van der Waals surface area (Å²) < 4.78 is 10.9. The van der Waals surface area contributed by atoms with Crippen LogP contribution in [0.25, 0.3) is 0 Å². The van der Waals surface area contributed by atoms with Crippen LogP contribution in [-0.4, -0.2) is 68.1 Å². The fourth-order valence-corrected chi connectivity index (χ4v) is 3.09. The molecule has 0 radical (unpaired) electrons. The third kappa shape index (κ3) is 4.46. The van der Waals surface area contributed by atoms with Gasteiger partial charge in [-0.1, -0.05) is 19.8 Å². The van der Waals surface area contributed by atoms with Crippen molar-refractivity contribution < 1.29 is 19.1 Å². The summed E-state index contributed by atoms with van der Waals surface area (Å²) in [5.41, 5.74) is 5.98. The van der Waals surface area contributed by atoms with Gasteiger partial charge in [0.15, 0.2) is 11.5 Å². The molecule has 1 aromatic carbocycles. The zero-order valence-electron chi connectivity index (χ0n) is 15.9. The van der Waals surface area contributed by atoms with E-state index in [4.69, 9.17) is 15.2 Å². The lowest BCUT2D eigenvalue weighted by Gasteiger charge is -2.39. The molecule has 1 aromatic rings. The Morgan fingerprint density at radius 3 is 2.73 bits per heavy atom. The summed E-state index contributed by atoms with van der Waals surface area (Å²) in [6, 6.07) is 4.67. The molecule has 1 saturated heterocycles. The van der Waals surface area contributed by atoms with Gasteiger partial charge in [-0.05, 0) is 24.6 Å². The average Bonchev–Trinajstić information content (AvgIpc) is 2.66. The minimum absolute atomic E-state index is 0.00571. The number of carbonyl (C=O) groups is 2. The number of likely N-dealkylation sites (N-methyl/N-ethyl adjacent to an activating group) is 1. The lowest BCUT2D eigenvalue weighted by molar-refractivity contribution is -0.138.